The summed E-state index contributed by atoms with van der Waals surface area (Å²) in [4.78, 5) is 28.9. The van der Waals surface area contributed by atoms with Gasteiger partial charge in [0, 0.05) is 0 Å². The van der Waals surface area contributed by atoms with Crippen molar-refractivity contribution in [3.8, 4) is 5.75 Å². The standard InChI is InChI=1S/C12H11N5O3/c18-10(15-12-13-7-14-16-12)5-17-8-3-1-2-4-9(8)20-6-11(17)19/h1-4,7H,5-6H2,(H2,13,14,15,16,18). The molecule has 2 N–H and O–H groups in total. The van der Waals surface area contributed by atoms with Gasteiger partial charge in [-0.3, -0.25) is 19.8 Å². The first-order chi connectivity index (χ1) is 9.74. The van der Waals surface area contributed by atoms with Crippen molar-refractivity contribution in [3.63, 3.8) is 0 Å². The molecule has 0 bridgehead atoms. The fourth-order valence-electron chi connectivity index (χ4n) is 1.91. The van der Waals surface area contributed by atoms with Gasteiger partial charge in [-0.05, 0) is 12.1 Å². The van der Waals surface area contributed by atoms with Gasteiger partial charge < -0.3 is 4.74 Å². The lowest BCUT2D eigenvalue weighted by molar-refractivity contribution is -0.123. The minimum Gasteiger partial charge on any atom is -0.482 e. The van der Waals surface area contributed by atoms with Crippen LogP contribution in [0.1, 0.15) is 0 Å². The minimum atomic E-state index is -0.369. The zero-order valence-electron chi connectivity index (χ0n) is 10.4. The predicted octanol–water partition coefficient (Wildman–Crippen LogP) is 0.169. The molecule has 3 rings (SSSR count). The Hall–Kier alpha value is -2.90. The molecule has 2 amide bonds. The molecule has 0 saturated heterocycles. The van der Waals surface area contributed by atoms with E-state index >= 15 is 0 Å². The summed E-state index contributed by atoms with van der Waals surface area (Å²) < 4.78 is 5.30. The Balaban J connectivity index is 1.76. The fraction of sp³-hybridized carbons (Fsp3) is 0.167. The molecule has 8 heteroatoms. The van der Waals surface area contributed by atoms with Gasteiger partial charge in [-0.25, -0.2) is 5.10 Å². The number of amides is 2. The largest absolute Gasteiger partial charge is 0.482 e. The molecule has 8 nitrogen and oxygen atoms in total. The number of anilines is 2. The molecule has 0 atom stereocenters. The molecule has 1 aliphatic rings. The molecule has 2 heterocycles. The molecule has 0 spiro atoms. The second-order valence-corrected chi connectivity index (χ2v) is 4.12. The number of para-hydroxylation sites is 2. The number of ether oxygens (including phenoxy) is 1. The van der Waals surface area contributed by atoms with Crippen molar-refractivity contribution in [3.05, 3.63) is 30.6 Å². The van der Waals surface area contributed by atoms with E-state index < -0.39 is 0 Å². The number of nitrogens with one attached hydrogen (secondary N) is 2. The maximum atomic E-state index is 11.9. The molecule has 0 fully saturated rings. The highest BCUT2D eigenvalue weighted by molar-refractivity contribution is 6.04. The van der Waals surface area contributed by atoms with Crippen molar-refractivity contribution in [2.24, 2.45) is 0 Å². The second kappa shape index (κ2) is 5.00. The molecular formula is C12H11N5O3. The summed E-state index contributed by atoms with van der Waals surface area (Å²) in [5, 5.41) is 8.65. The summed E-state index contributed by atoms with van der Waals surface area (Å²) in [6.45, 7) is -0.188. The number of benzene rings is 1. The Morgan fingerprint density at radius 3 is 3.10 bits per heavy atom. The smallest absolute Gasteiger partial charge is 0.265 e. The van der Waals surface area contributed by atoms with E-state index in [1.165, 1.54) is 11.2 Å². The summed E-state index contributed by atoms with van der Waals surface area (Å²) in [7, 11) is 0. The topological polar surface area (TPSA) is 100 Å². The van der Waals surface area contributed by atoms with Crippen LogP contribution in [0.4, 0.5) is 11.6 Å². The zero-order chi connectivity index (χ0) is 13.9. The van der Waals surface area contributed by atoms with Crippen LogP contribution in [0.25, 0.3) is 0 Å². The minimum absolute atomic E-state index is 0.0768. The van der Waals surface area contributed by atoms with Gasteiger partial charge in [0.1, 0.15) is 18.6 Å². The van der Waals surface area contributed by atoms with Gasteiger partial charge in [-0.2, -0.15) is 10.1 Å². The van der Waals surface area contributed by atoms with Crippen molar-refractivity contribution < 1.29 is 14.3 Å². The molecule has 0 aliphatic carbocycles. The molecular weight excluding hydrogens is 262 g/mol. The first-order valence-corrected chi connectivity index (χ1v) is 5.91. The summed E-state index contributed by atoms with van der Waals surface area (Å²) in [6.07, 6.45) is 1.28. The monoisotopic (exact) mass is 273 g/mol. The Bertz CT molecular complexity index is 640. The average Bonchev–Trinajstić information content (AvgIpc) is 2.95. The van der Waals surface area contributed by atoms with E-state index in [9.17, 15) is 9.59 Å². The fourth-order valence-corrected chi connectivity index (χ4v) is 1.91. The average molecular weight is 273 g/mol. The zero-order valence-corrected chi connectivity index (χ0v) is 10.4. The van der Waals surface area contributed by atoms with Crippen LogP contribution >= 0.6 is 0 Å². The first-order valence-electron chi connectivity index (χ1n) is 5.91. The highest BCUT2D eigenvalue weighted by Gasteiger charge is 2.27. The SMILES string of the molecule is O=C(CN1C(=O)COc2ccccc21)Nc1ncn[nH]1. The van der Waals surface area contributed by atoms with Gasteiger partial charge in [0.25, 0.3) is 5.91 Å². The lowest BCUT2D eigenvalue weighted by Crippen LogP contribution is -2.43. The Morgan fingerprint density at radius 2 is 2.30 bits per heavy atom. The van der Waals surface area contributed by atoms with Gasteiger partial charge >= 0.3 is 0 Å². The lowest BCUT2D eigenvalue weighted by atomic mass is 10.2. The van der Waals surface area contributed by atoms with Crippen LogP contribution in [-0.2, 0) is 9.59 Å². The number of aromatic nitrogens is 3. The van der Waals surface area contributed by atoms with E-state index in [0.717, 1.165) is 0 Å². The maximum Gasteiger partial charge on any atom is 0.265 e. The molecule has 20 heavy (non-hydrogen) atoms. The lowest BCUT2D eigenvalue weighted by Gasteiger charge is -2.28. The van der Waals surface area contributed by atoms with Crippen LogP contribution < -0.4 is 15.0 Å². The molecule has 2 aromatic rings. The van der Waals surface area contributed by atoms with E-state index in [0.29, 0.717) is 11.4 Å². The Kier molecular flexibility index (Phi) is 3.04. The number of fused-ring (bicyclic) bond motifs is 1. The van der Waals surface area contributed by atoms with Gasteiger partial charge in [-0.1, -0.05) is 12.1 Å². The van der Waals surface area contributed by atoms with E-state index in [4.69, 9.17) is 4.74 Å². The predicted molar refractivity (Wildman–Crippen MR) is 69.3 cm³/mol. The van der Waals surface area contributed by atoms with E-state index in [2.05, 4.69) is 20.5 Å². The van der Waals surface area contributed by atoms with E-state index in [-0.39, 0.29) is 30.9 Å². The van der Waals surface area contributed by atoms with Crippen LogP contribution in [0.15, 0.2) is 30.6 Å². The van der Waals surface area contributed by atoms with E-state index in [1.54, 1.807) is 24.3 Å². The first kappa shape index (κ1) is 12.2. The third-order valence-electron chi connectivity index (χ3n) is 2.78. The molecule has 1 aromatic heterocycles. The molecule has 1 aromatic carbocycles. The molecule has 0 unspecified atom stereocenters. The van der Waals surface area contributed by atoms with Crippen molar-refractivity contribution >= 4 is 23.5 Å². The third-order valence-corrected chi connectivity index (χ3v) is 2.78. The van der Waals surface area contributed by atoms with Crippen molar-refractivity contribution in [2.45, 2.75) is 0 Å². The molecule has 1 aliphatic heterocycles. The normalized spacial score (nSPS) is 13.6. The quantitative estimate of drug-likeness (QED) is 0.830. The maximum absolute atomic E-state index is 11.9. The summed E-state index contributed by atoms with van der Waals surface area (Å²) in [5.41, 5.74) is 0.580. The van der Waals surface area contributed by atoms with Crippen LogP contribution in [-0.4, -0.2) is 40.1 Å². The number of H-pyrrole nitrogens is 1. The van der Waals surface area contributed by atoms with Gasteiger partial charge in [0.2, 0.25) is 11.9 Å². The van der Waals surface area contributed by atoms with Crippen molar-refractivity contribution in [1.29, 1.82) is 0 Å². The highest BCUT2D eigenvalue weighted by Crippen LogP contribution is 2.31. The van der Waals surface area contributed by atoms with Crippen molar-refractivity contribution in [2.75, 3.05) is 23.4 Å². The number of hydrogen-bond acceptors (Lipinski definition) is 5. The van der Waals surface area contributed by atoms with Crippen LogP contribution in [0.3, 0.4) is 0 Å². The number of hydrogen-bond donors (Lipinski definition) is 2. The number of rotatable bonds is 3. The van der Waals surface area contributed by atoms with E-state index in [1.807, 2.05) is 0 Å². The van der Waals surface area contributed by atoms with Gasteiger partial charge in [-0.15, -0.1) is 0 Å². The number of carbonyl (C=O) groups excluding carboxylic acids is 2. The highest BCUT2D eigenvalue weighted by atomic mass is 16.5. The second-order valence-electron chi connectivity index (χ2n) is 4.12. The number of aromatic amines is 1. The van der Waals surface area contributed by atoms with Crippen LogP contribution in [0, 0.1) is 0 Å². The van der Waals surface area contributed by atoms with Crippen molar-refractivity contribution in [1.82, 2.24) is 15.2 Å². The number of nitrogens with zero attached hydrogens (tertiary/aromatic N) is 3. The molecule has 102 valence electrons. The van der Waals surface area contributed by atoms with Gasteiger partial charge in [0.05, 0.1) is 5.69 Å². The summed E-state index contributed by atoms with van der Waals surface area (Å²) in [5.74, 6) is 0.187. The Morgan fingerprint density at radius 1 is 1.45 bits per heavy atom. The number of carbonyl (C=O) groups is 2. The van der Waals surface area contributed by atoms with Crippen LogP contribution in [0.5, 0.6) is 5.75 Å². The summed E-state index contributed by atoms with van der Waals surface area (Å²) in [6, 6.07) is 7.07. The Labute approximate surface area is 113 Å². The van der Waals surface area contributed by atoms with Crippen LogP contribution in [0.2, 0.25) is 0 Å². The van der Waals surface area contributed by atoms with Gasteiger partial charge in [0.15, 0.2) is 6.61 Å². The third kappa shape index (κ3) is 2.30. The summed E-state index contributed by atoms with van der Waals surface area (Å²) >= 11 is 0. The molecule has 0 saturated carbocycles. The molecule has 0 radical (unpaired) electrons.